The topological polar surface area (TPSA) is 47.6 Å². The summed E-state index contributed by atoms with van der Waals surface area (Å²) in [7, 11) is -3.62. The van der Waals surface area contributed by atoms with Crippen molar-refractivity contribution in [2.24, 2.45) is 0 Å². The second-order valence-corrected chi connectivity index (χ2v) is 15.8. The second kappa shape index (κ2) is 8.71. The summed E-state index contributed by atoms with van der Waals surface area (Å²) in [6.07, 6.45) is 0. The SMILES string of the molecule is CC(C)P(=[Se])(NP(=O)(Oc1ccccc1)Oc1ccccc1)C(C)C. The zero-order valence-corrected chi connectivity index (χ0v) is 18.5. The van der Waals surface area contributed by atoms with Gasteiger partial charge in [-0.3, -0.25) is 0 Å². The summed E-state index contributed by atoms with van der Waals surface area (Å²) in [6.45, 7) is 8.47. The standard InChI is InChI=1S/C18H25NO3P2Se/c1-15(2)23(25,16(3)4)19-24(20,21-17-11-7-5-8-12-17)22-18-13-9-6-10-14-18/h5-16H,1-4H3,(H,19,20,25). The van der Waals surface area contributed by atoms with Crippen LogP contribution >= 0.6 is 13.4 Å². The van der Waals surface area contributed by atoms with Crippen LogP contribution in [0, 0.1) is 0 Å². The van der Waals surface area contributed by atoms with E-state index in [1.54, 1.807) is 24.3 Å². The molecule has 25 heavy (non-hydrogen) atoms. The van der Waals surface area contributed by atoms with Crippen molar-refractivity contribution in [3.05, 3.63) is 60.7 Å². The van der Waals surface area contributed by atoms with Crippen LogP contribution in [0.25, 0.3) is 0 Å². The van der Waals surface area contributed by atoms with Crippen molar-refractivity contribution in [3.63, 3.8) is 0 Å². The Kier molecular flexibility index (Phi) is 7.14. The monoisotopic (exact) mass is 445 g/mol. The molecule has 0 heterocycles. The van der Waals surface area contributed by atoms with Gasteiger partial charge < -0.3 is 0 Å². The van der Waals surface area contributed by atoms with Crippen LogP contribution in [0.15, 0.2) is 60.7 Å². The summed E-state index contributed by atoms with van der Waals surface area (Å²) < 4.78 is 25.3. The van der Waals surface area contributed by atoms with Crippen LogP contribution in [-0.4, -0.2) is 26.4 Å². The number of para-hydroxylation sites is 2. The van der Waals surface area contributed by atoms with Gasteiger partial charge in [-0.15, -0.1) is 0 Å². The molecule has 0 saturated heterocycles. The predicted octanol–water partition coefficient (Wildman–Crippen LogP) is 5.68. The van der Waals surface area contributed by atoms with E-state index in [9.17, 15) is 4.57 Å². The van der Waals surface area contributed by atoms with E-state index in [2.05, 4.69) is 47.7 Å². The maximum atomic E-state index is 13.6. The first-order valence-corrected chi connectivity index (χ1v) is 13.9. The molecular formula is C18H25NO3P2Se. The van der Waals surface area contributed by atoms with Gasteiger partial charge in [0.05, 0.1) is 0 Å². The Morgan fingerprint density at radius 1 is 0.800 bits per heavy atom. The summed E-state index contributed by atoms with van der Waals surface area (Å²) in [4.78, 5) is 3.27. The first kappa shape index (κ1) is 20.5. The van der Waals surface area contributed by atoms with Crippen LogP contribution in [0.4, 0.5) is 0 Å². The third kappa shape index (κ3) is 5.58. The molecule has 136 valence electrons. The summed E-state index contributed by atoms with van der Waals surface area (Å²) in [5, 5.41) is 0. The van der Waals surface area contributed by atoms with E-state index >= 15 is 0 Å². The van der Waals surface area contributed by atoms with Crippen LogP contribution in [0.2, 0.25) is 0 Å². The number of hydrogen-bond acceptors (Lipinski definition) is 3. The molecule has 0 fully saturated rings. The minimum atomic E-state index is -3.62. The van der Waals surface area contributed by atoms with Gasteiger partial charge in [-0.05, 0) is 0 Å². The predicted molar refractivity (Wildman–Crippen MR) is 108 cm³/mol. The maximum absolute atomic E-state index is 13.6. The van der Waals surface area contributed by atoms with E-state index in [4.69, 9.17) is 9.05 Å². The first-order chi connectivity index (χ1) is 11.8. The van der Waals surface area contributed by atoms with Crippen molar-refractivity contribution < 1.29 is 13.6 Å². The molecule has 0 bridgehead atoms. The van der Waals surface area contributed by atoms with Crippen molar-refractivity contribution >= 4 is 28.5 Å². The molecule has 0 atom stereocenters. The van der Waals surface area contributed by atoms with Crippen LogP contribution in [0.5, 0.6) is 11.5 Å². The van der Waals surface area contributed by atoms with E-state index < -0.39 is 13.4 Å². The van der Waals surface area contributed by atoms with Crippen molar-refractivity contribution in [2.75, 3.05) is 0 Å². The zero-order chi connectivity index (χ0) is 18.5. The van der Waals surface area contributed by atoms with Gasteiger partial charge in [0.1, 0.15) is 0 Å². The van der Waals surface area contributed by atoms with Crippen LogP contribution in [-0.2, 0) is 4.57 Å². The Labute approximate surface area is 158 Å². The van der Waals surface area contributed by atoms with Gasteiger partial charge in [0.2, 0.25) is 0 Å². The molecular weight excluding hydrogens is 419 g/mol. The first-order valence-electron chi connectivity index (χ1n) is 8.23. The fraction of sp³-hybridized carbons (Fsp3) is 0.333. The van der Waals surface area contributed by atoms with Crippen molar-refractivity contribution in [1.82, 2.24) is 4.86 Å². The van der Waals surface area contributed by atoms with E-state index in [0.717, 1.165) is 0 Å². The molecule has 0 spiro atoms. The molecule has 0 aliphatic rings. The van der Waals surface area contributed by atoms with Gasteiger partial charge in [0.25, 0.3) is 0 Å². The van der Waals surface area contributed by atoms with E-state index in [1.807, 2.05) is 36.4 Å². The van der Waals surface area contributed by atoms with Crippen LogP contribution in [0.3, 0.4) is 0 Å². The molecule has 0 radical (unpaired) electrons. The zero-order valence-electron chi connectivity index (χ0n) is 15.0. The summed E-state index contributed by atoms with van der Waals surface area (Å²) >= 11 is 3.28. The normalized spacial score (nSPS) is 12.4. The number of hydrogen-bond donors (Lipinski definition) is 1. The average Bonchev–Trinajstić information content (AvgIpc) is 2.55. The molecule has 2 aromatic carbocycles. The van der Waals surface area contributed by atoms with E-state index in [-0.39, 0.29) is 0 Å². The summed E-state index contributed by atoms with van der Waals surface area (Å²) in [6, 6.07) is 18.2. The quantitative estimate of drug-likeness (QED) is 0.421. The molecule has 0 saturated carbocycles. The minimum absolute atomic E-state index is 0.291. The Hall–Kier alpha value is -0.821. The summed E-state index contributed by atoms with van der Waals surface area (Å²) in [5.41, 5.74) is -1.31. The molecule has 2 aromatic rings. The Balaban J connectivity index is 2.37. The Morgan fingerprint density at radius 3 is 1.48 bits per heavy atom. The number of rotatable bonds is 8. The fourth-order valence-electron chi connectivity index (χ4n) is 2.32. The molecule has 0 aliphatic heterocycles. The third-order valence-electron chi connectivity index (χ3n) is 3.75. The fourth-order valence-corrected chi connectivity index (χ4v) is 9.94. The van der Waals surface area contributed by atoms with Crippen molar-refractivity contribution in [3.8, 4) is 11.5 Å². The molecule has 1 N–H and O–H groups in total. The molecule has 0 aromatic heterocycles. The van der Waals surface area contributed by atoms with Gasteiger partial charge in [0.15, 0.2) is 0 Å². The Bertz CT molecular complexity index is 709. The van der Waals surface area contributed by atoms with Gasteiger partial charge in [-0.25, -0.2) is 0 Å². The second-order valence-electron chi connectivity index (χ2n) is 6.30. The van der Waals surface area contributed by atoms with Crippen LogP contribution < -0.4 is 13.9 Å². The Morgan fingerprint density at radius 2 is 1.16 bits per heavy atom. The van der Waals surface area contributed by atoms with Crippen LogP contribution in [0.1, 0.15) is 27.7 Å². The van der Waals surface area contributed by atoms with E-state index in [1.165, 1.54) is 0 Å². The van der Waals surface area contributed by atoms with Gasteiger partial charge in [-0.1, -0.05) is 0 Å². The van der Waals surface area contributed by atoms with Crippen molar-refractivity contribution in [1.29, 1.82) is 0 Å². The average molecular weight is 444 g/mol. The summed E-state index contributed by atoms with van der Waals surface area (Å²) in [5.74, 6) is 1.02. The molecule has 0 amide bonds. The van der Waals surface area contributed by atoms with Gasteiger partial charge >= 0.3 is 158 Å². The molecule has 0 unspecified atom stereocenters. The number of nitrogens with one attached hydrogen (secondary N) is 1. The van der Waals surface area contributed by atoms with E-state index in [0.29, 0.717) is 22.8 Å². The number of benzene rings is 2. The molecule has 7 heteroatoms. The van der Waals surface area contributed by atoms with Gasteiger partial charge in [0, 0.05) is 0 Å². The molecule has 2 rings (SSSR count). The molecule has 4 nitrogen and oxygen atoms in total. The van der Waals surface area contributed by atoms with Gasteiger partial charge in [-0.2, -0.15) is 0 Å². The van der Waals surface area contributed by atoms with Crippen molar-refractivity contribution in [2.45, 2.75) is 39.0 Å². The molecule has 0 aliphatic carbocycles. The third-order valence-corrected chi connectivity index (χ3v) is 16.8.